The van der Waals surface area contributed by atoms with E-state index in [1.165, 1.54) is 0 Å². The van der Waals surface area contributed by atoms with E-state index in [-0.39, 0.29) is 5.69 Å². The standard InChI is InChI=1S/C6H7AsN2O6/c8-4-2-1-3(7(11,12)13)5(6(4)10)9(14)15/h1-2,10H,8H2,(H2,11,12,13). The Kier molecular flexibility index (Phi) is 2.76. The van der Waals surface area contributed by atoms with Crippen LogP contribution >= 0.6 is 0 Å². The zero-order valence-electron chi connectivity index (χ0n) is 7.19. The third kappa shape index (κ3) is 2.12. The molecule has 0 aliphatic rings. The molecular weight excluding hydrogens is 271 g/mol. The van der Waals surface area contributed by atoms with Gasteiger partial charge in [-0.05, 0) is 0 Å². The van der Waals surface area contributed by atoms with Gasteiger partial charge in [0.05, 0.1) is 0 Å². The normalized spacial score (nSPS) is 11.3. The predicted octanol–water partition coefficient (Wildman–Crippen LogP) is -1.56. The van der Waals surface area contributed by atoms with Crippen LogP contribution < -0.4 is 10.1 Å². The van der Waals surface area contributed by atoms with Gasteiger partial charge < -0.3 is 0 Å². The summed E-state index contributed by atoms with van der Waals surface area (Å²) in [6.45, 7) is 0. The molecule has 0 aliphatic heterocycles. The van der Waals surface area contributed by atoms with Gasteiger partial charge in [0.1, 0.15) is 0 Å². The van der Waals surface area contributed by atoms with Crippen molar-refractivity contribution in [1.29, 1.82) is 0 Å². The van der Waals surface area contributed by atoms with Crippen LogP contribution in [-0.4, -0.2) is 32.4 Å². The van der Waals surface area contributed by atoms with Crippen molar-refractivity contribution in [2.24, 2.45) is 0 Å². The topological polar surface area (TPSA) is 147 Å². The van der Waals surface area contributed by atoms with Crippen LogP contribution in [0.3, 0.4) is 0 Å². The van der Waals surface area contributed by atoms with E-state index in [1.807, 2.05) is 0 Å². The maximum atomic E-state index is 10.9. The van der Waals surface area contributed by atoms with E-state index in [1.54, 1.807) is 0 Å². The van der Waals surface area contributed by atoms with Crippen LogP contribution in [0.15, 0.2) is 12.1 Å². The van der Waals surface area contributed by atoms with Gasteiger partial charge in [0.15, 0.2) is 0 Å². The van der Waals surface area contributed by atoms with Crippen molar-refractivity contribution >= 4 is 29.9 Å². The van der Waals surface area contributed by atoms with Gasteiger partial charge in [-0.1, -0.05) is 0 Å². The van der Waals surface area contributed by atoms with Crippen molar-refractivity contribution in [1.82, 2.24) is 0 Å². The summed E-state index contributed by atoms with van der Waals surface area (Å²) in [7, 11) is 0. The van der Waals surface area contributed by atoms with E-state index in [4.69, 9.17) is 13.9 Å². The summed E-state index contributed by atoms with van der Waals surface area (Å²) in [5.41, 5.74) is 3.82. The fourth-order valence-electron chi connectivity index (χ4n) is 1.000. The average Bonchev–Trinajstić information content (AvgIpc) is 2.06. The first-order chi connectivity index (χ1) is 6.75. The molecule has 1 aromatic rings. The molecule has 82 valence electrons. The number of anilines is 1. The van der Waals surface area contributed by atoms with E-state index < -0.39 is 34.9 Å². The second kappa shape index (κ2) is 3.58. The molecule has 0 heterocycles. The molecule has 1 aromatic carbocycles. The summed E-state index contributed by atoms with van der Waals surface area (Å²) in [5, 5.41) is 19.7. The number of nitrogens with zero attached hydrogens (tertiary/aromatic N) is 1. The van der Waals surface area contributed by atoms with Crippen LogP contribution in [-0.2, 0) is 3.74 Å². The second-order valence-corrected chi connectivity index (χ2v) is 5.97. The molecule has 1 rings (SSSR count). The molecule has 0 amide bonds. The molecule has 15 heavy (non-hydrogen) atoms. The van der Waals surface area contributed by atoms with E-state index in [0.717, 1.165) is 12.1 Å². The molecule has 0 fully saturated rings. The molecule has 0 saturated heterocycles. The average molecular weight is 278 g/mol. The summed E-state index contributed by atoms with van der Waals surface area (Å²) < 4.78 is 27.8. The molecule has 0 bridgehead atoms. The predicted molar refractivity (Wildman–Crippen MR) is 49.7 cm³/mol. The molecule has 0 radical (unpaired) electrons. The van der Waals surface area contributed by atoms with E-state index in [9.17, 15) is 19.0 Å². The molecule has 0 spiro atoms. The van der Waals surface area contributed by atoms with Gasteiger partial charge in [0.2, 0.25) is 0 Å². The molecule has 8 nitrogen and oxygen atoms in total. The van der Waals surface area contributed by atoms with Gasteiger partial charge in [-0.2, -0.15) is 0 Å². The van der Waals surface area contributed by atoms with Gasteiger partial charge in [0.25, 0.3) is 0 Å². The van der Waals surface area contributed by atoms with Gasteiger partial charge >= 0.3 is 85.6 Å². The second-order valence-electron chi connectivity index (χ2n) is 2.67. The molecule has 0 atom stereocenters. The Labute approximate surface area is 86.1 Å². The quantitative estimate of drug-likeness (QED) is 0.168. The number of benzene rings is 1. The summed E-state index contributed by atoms with van der Waals surface area (Å²) in [5.74, 6) is -0.928. The Bertz CT molecular complexity index is 467. The number of aromatic hydroxyl groups is 1. The summed E-state index contributed by atoms with van der Waals surface area (Å²) in [4.78, 5) is 9.42. The van der Waals surface area contributed by atoms with Crippen molar-refractivity contribution in [2.75, 3.05) is 5.73 Å². The van der Waals surface area contributed by atoms with Crippen LogP contribution in [0.5, 0.6) is 5.75 Å². The fourth-order valence-corrected chi connectivity index (χ4v) is 2.54. The Hall–Kier alpha value is -1.50. The van der Waals surface area contributed by atoms with Crippen LogP contribution in [0, 0.1) is 10.1 Å². The van der Waals surface area contributed by atoms with E-state index in [0.29, 0.717) is 0 Å². The SMILES string of the molecule is Nc1ccc([As](=O)(O)O)c([N+](=O)[O-])c1O. The maximum absolute atomic E-state index is 10.9. The number of hydrogen-bond donors (Lipinski definition) is 4. The number of nitrogens with two attached hydrogens (primary N) is 1. The molecule has 0 unspecified atom stereocenters. The van der Waals surface area contributed by atoms with Crippen molar-refractivity contribution in [3.05, 3.63) is 22.2 Å². The number of nitro groups is 1. The molecule has 0 aliphatic carbocycles. The number of nitrogen functional groups attached to an aromatic ring is 1. The molecule has 5 N–H and O–H groups in total. The molecule has 0 saturated carbocycles. The Balaban J connectivity index is 3.62. The number of hydrogen-bond acceptors (Lipinski definition) is 5. The zero-order chi connectivity index (χ0) is 11.8. The molecule has 0 aromatic heterocycles. The van der Waals surface area contributed by atoms with Crippen molar-refractivity contribution in [3.63, 3.8) is 0 Å². The number of phenolic OH excluding ortho intramolecular Hbond substituents is 1. The van der Waals surface area contributed by atoms with Crippen LogP contribution in [0.2, 0.25) is 0 Å². The number of phenols is 1. The summed E-state index contributed by atoms with van der Waals surface area (Å²) >= 11 is -5.44. The van der Waals surface area contributed by atoms with E-state index in [2.05, 4.69) is 0 Å². The van der Waals surface area contributed by atoms with Crippen molar-refractivity contribution in [2.45, 2.75) is 0 Å². The Morgan fingerprint density at radius 3 is 2.33 bits per heavy atom. The van der Waals surface area contributed by atoms with Gasteiger partial charge in [0, 0.05) is 0 Å². The van der Waals surface area contributed by atoms with Crippen LogP contribution in [0.1, 0.15) is 0 Å². The van der Waals surface area contributed by atoms with Crippen LogP contribution in [0.25, 0.3) is 0 Å². The molecule has 9 heteroatoms. The minimum absolute atomic E-state index is 0.311. The van der Waals surface area contributed by atoms with E-state index >= 15 is 0 Å². The zero-order valence-corrected chi connectivity index (χ0v) is 9.07. The Morgan fingerprint density at radius 2 is 1.93 bits per heavy atom. The van der Waals surface area contributed by atoms with Gasteiger partial charge in [-0.3, -0.25) is 0 Å². The first-order valence-corrected chi connectivity index (χ1v) is 6.95. The molecular formula is C6H7AsN2O6. The summed E-state index contributed by atoms with van der Waals surface area (Å²) in [6.07, 6.45) is 0. The number of rotatable bonds is 2. The summed E-state index contributed by atoms with van der Waals surface area (Å²) in [6, 6.07) is 1.84. The first-order valence-electron chi connectivity index (χ1n) is 3.57. The van der Waals surface area contributed by atoms with Crippen LogP contribution in [0.4, 0.5) is 11.4 Å². The third-order valence-electron chi connectivity index (χ3n) is 1.66. The third-order valence-corrected chi connectivity index (χ3v) is 3.73. The first kappa shape index (κ1) is 11.6. The van der Waals surface area contributed by atoms with Gasteiger partial charge in [-0.25, -0.2) is 0 Å². The van der Waals surface area contributed by atoms with Gasteiger partial charge in [-0.15, -0.1) is 0 Å². The number of nitro benzene ring substituents is 1. The van der Waals surface area contributed by atoms with Crippen molar-refractivity contribution < 1.29 is 22.0 Å². The Morgan fingerprint density at radius 1 is 1.40 bits per heavy atom. The minimum atomic E-state index is -5.44. The van der Waals surface area contributed by atoms with Crippen molar-refractivity contribution in [3.8, 4) is 5.75 Å². The monoisotopic (exact) mass is 278 g/mol. The fraction of sp³-hybridized carbons (Fsp3) is 0.